The molecule has 0 aliphatic carbocycles. The van der Waals surface area contributed by atoms with Crippen LogP contribution in [0.5, 0.6) is 0 Å². The molecule has 5 heteroatoms. The van der Waals surface area contributed by atoms with Crippen molar-refractivity contribution in [2.24, 2.45) is 0 Å². The highest BCUT2D eigenvalue weighted by Gasteiger charge is 2.02. The average molecular weight is 255 g/mol. The van der Waals surface area contributed by atoms with Gasteiger partial charge in [-0.3, -0.25) is 4.68 Å². The zero-order valence-electron chi connectivity index (χ0n) is 7.89. The zero-order valence-corrected chi connectivity index (χ0v) is 9.48. The van der Waals surface area contributed by atoms with Crippen LogP contribution in [0.3, 0.4) is 0 Å². The van der Waals surface area contributed by atoms with E-state index in [0.29, 0.717) is 6.54 Å². The zero-order chi connectivity index (χ0) is 9.97. The number of rotatable bonds is 3. The van der Waals surface area contributed by atoms with Gasteiger partial charge in [-0.2, -0.15) is 5.10 Å². The van der Waals surface area contributed by atoms with E-state index in [4.69, 9.17) is 0 Å². The Morgan fingerprint density at radius 1 is 1.50 bits per heavy atom. The average Bonchev–Trinajstić information content (AvgIpc) is 2.76. The number of halogens is 1. The van der Waals surface area contributed by atoms with E-state index in [9.17, 15) is 0 Å². The van der Waals surface area contributed by atoms with Crippen molar-refractivity contribution in [2.45, 2.75) is 20.0 Å². The second-order valence-corrected chi connectivity index (χ2v) is 3.90. The fraction of sp³-hybridized carbons (Fsp3) is 0.333. The Bertz CT molecular complexity index is 418. The van der Waals surface area contributed by atoms with E-state index < -0.39 is 0 Å². The van der Waals surface area contributed by atoms with E-state index in [2.05, 4.69) is 37.5 Å². The van der Waals surface area contributed by atoms with Gasteiger partial charge >= 0.3 is 0 Å². The van der Waals surface area contributed by atoms with Crippen LogP contribution in [-0.2, 0) is 13.1 Å². The molecule has 0 atom stereocenters. The van der Waals surface area contributed by atoms with Gasteiger partial charge in [0.05, 0.1) is 17.2 Å². The molecule has 0 unspecified atom stereocenters. The number of hydrogen-bond acceptors (Lipinski definition) is 2. The Morgan fingerprint density at radius 2 is 2.36 bits per heavy atom. The van der Waals surface area contributed by atoms with E-state index in [1.54, 1.807) is 6.20 Å². The maximum absolute atomic E-state index is 4.28. The van der Waals surface area contributed by atoms with E-state index >= 15 is 0 Å². The Balaban J connectivity index is 2.18. The number of aryl methyl sites for hydroxylation is 1. The summed E-state index contributed by atoms with van der Waals surface area (Å²) in [5, 5.41) is 4.18. The van der Waals surface area contributed by atoms with Crippen molar-refractivity contribution in [1.29, 1.82) is 0 Å². The van der Waals surface area contributed by atoms with Gasteiger partial charge in [0.15, 0.2) is 0 Å². The fourth-order valence-electron chi connectivity index (χ4n) is 1.35. The first kappa shape index (κ1) is 9.45. The summed E-state index contributed by atoms with van der Waals surface area (Å²) in [6.45, 7) is 3.76. The lowest BCUT2D eigenvalue weighted by molar-refractivity contribution is 0.607. The fourth-order valence-corrected chi connectivity index (χ4v) is 1.68. The molecule has 0 saturated carbocycles. The summed E-state index contributed by atoms with van der Waals surface area (Å²) < 4.78 is 4.96. The van der Waals surface area contributed by atoms with Gasteiger partial charge in [-0.15, -0.1) is 0 Å². The topological polar surface area (TPSA) is 35.6 Å². The molecule has 0 aliphatic rings. The van der Waals surface area contributed by atoms with Crippen LogP contribution < -0.4 is 0 Å². The van der Waals surface area contributed by atoms with Crippen LogP contribution in [0.2, 0.25) is 0 Å². The molecule has 0 N–H and O–H groups in total. The highest BCUT2D eigenvalue weighted by molar-refractivity contribution is 9.10. The summed E-state index contributed by atoms with van der Waals surface area (Å²) in [6.07, 6.45) is 7.51. The van der Waals surface area contributed by atoms with Crippen LogP contribution in [0, 0.1) is 0 Å². The summed E-state index contributed by atoms with van der Waals surface area (Å²) in [4.78, 5) is 4.28. The highest BCUT2D eigenvalue weighted by Crippen LogP contribution is 2.08. The molecule has 2 aromatic rings. The van der Waals surface area contributed by atoms with E-state index in [1.807, 2.05) is 23.3 Å². The molecule has 0 aromatic carbocycles. The van der Waals surface area contributed by atoms with Crippen molar-refractivity contribution in [3.05, 3.63) is 35.1 Å². The monoisotopic (exact) mass is 254 g/mol. The van der Waals surface area contributed by atoms with Crippen LogP contribution in [0.4, 0.5) is 0 Å². The summed E-state index contributed by atoms with van der Waals surface area (Å²) in [5.41, 5.74) is 0. The SMILES string of the molecule is CCn1ccnc1Cn1cc(Br)cn1. The second-order valence-electron chi connectivity index (χ2n) is 2.99. The quantitative estimate of drug-likeness (QED) is 0.839. The first-order valence-electron chi connectivity index (χ1n) is 4.47. The third-order valence-corrected chi connectivity index (χ3v) is 2.46. The highest BCUT2D eigenvalue weighted by atomic mass is 79.9. The summed E-state index contributed by atoms with van der Waals surface area (Å²) in [7, 11) is 0. The van der Waals surface area contributed by atoms with Gasteiger partial charge in [0, 0.05) is 25.1 Å². The molecule has 0 spiro atoms. The van der Waals surface area contributed by atoms with Crippen LogP contribution in [0.15, 0.2) is 29.3 Å². The van der Waals surface area contributed by atoms with Crippen LogP contribution >= 0.6 is 15.9 Å². The first-order chi connectivity index (χ1) is 6.79. The van der Waals surface area contributed by atoms with Crippen molar-refractivity contribution < 1.29 is 0 Å². The molecule has 0 saturated heterocycles. The smallest absolute Gasteiger partial charge is 0.130 e. The maximum atomic E-state index is 4.28. The Morgan fingerprint density at radius 3 is 3.00 bits per heavy atom. The van der Waals surface area contributed by atoms with Gasteiger partial charge in [-0.1, -0.05) is 0 Å². The van der Waals surface area contributed by atoms with Crippen molar-refractivity contribution >= 4 is 15.9 Å². The standard InChI is InChI=1S/C9H11BrN4/c1-2-13-4-3-11-9(13)7-14-6-8(10)5-12-14/h3-6H,2,7H2,1H3. The minimum absolute atomic E-state index is 0.715. The third-order valence-electron chi connectivity index (χ3n) is 2.05. The van der Waals surface area contributed by atoms with Crippen LogP contribution in [-0.4, -0.2) is 19.3 Å². The number of hydrogen-bond donors (Lipinski definition) is 0. The molecule has 0 radical (unpaired) electrons. The molecule has 2 aromatic heterocycles. The number of imidazole rings is 1. The van der Waals surface area contributed by atoms with Crippen LogP contribution in [0.1, 0.15) is 12.7 Å². The molecule has 74 valence electrons. The predicted molar refractivity (Wildman–Crippen MR) is 56.9 cm³/mol. The Hall–Kier alpha value is -1.10. The second kappa shape index (κ2) is 3.96. The molecule has 2 heterocycles. The summed E-state index contributed by atoms with van der Waals surface area (Å²) in [6, 6.07) is 0. The maximum Gasteiger partial charge on any atom is 0.130 e. The molecule has 14 heavy (non-hydrogen) atoms. The molecular formula is C9H11BrN4. The van der Waals surface area contributed by atoms with Gasteiger partial charge in [0.1, 0.15) is 5.82 Å². The van der Waals surface area contributed by atoms with Crippen LogP contribution in [0.25, 0.3) is 0 Å². The third kappa shape index (κ3) is 1.87. The first-order valence-corrected chi connectivity index (χ1v) is 5.27. The van der Waals surface area contributed by atoms with Crippen molar-refractivity contribution in [3.63, 3.8) is 0 Å². The van der Waals surface area contributed by atoms with Crippen molar-refractivity contribution in [2.75, 3.05) is 0 Å². The molecule has 0 amide bonds. The number of nitrogens with zero attached hydrogens (tertiary/aromatic N) is 4. The minimum Gasteiger partial charge on any atom is -0.334 e. The lowest BCUT2D eigenvalue weighted by atomic mass is 10.5. The van der Waals surface area contributed by atoms with Gasteiger partial charge in [0.25, 0.3) is 0 Å². The minimum atomic E-state index is 0.715. The lowest BCUT2D eigenvalue weighted by Gasteiger charge is -2.03. The largest absolute Gasteiger partial charge is 0.334 e. The Labute approximate surface area is 90.7 Å². The van der Waals surface area contributed by atoms with Gasteiger partial charge < -0.3 is 4.57 Å². The molecule has 0 aliphatic heterocycles. The molecular weight excluding hydrogens is 244 g/mol. The summed E-state index contributed by atoms with van der Waals surface area (Å²) >= 11 is 3.36. The van der Waals surface area contributed by atoms with E-state index in [-0.39, 0.29) is 0 Å². The van der Waals surface area contributed by atoms with Gasteiger partial charge in [-0.05, 0) is 22.9 Å². The predicted octanol–water partition coefficient (Wildman–Crippen LogP) is 1.91. The molecule has 0 bridgehead atoms. The number of aromatic nitrogens is 4. The molecule has 2 rings (SSSR count). The molecule has 4 nitrogen and oxygen atoms in total. The summed E-state index contributed by atoms with van der Waals surface area (Å²) in [5.74, 6) is 1.03. The Kier molecular flexibility index (Phi) is 2.67. The van der Waals surface area contributed by atoms with Gasteiger partial charge in [-0.25, -0.2) is 4.98 Å². The van der Waals surface area contributed by atoms with Crippen molar-refractivity contribution in [1.82, 2.24) is 19.3 Å². The molecule has 0 fully saturated rings. The van der Waals surface area contributed by atoms with E-state index in [0.717, 1.165) is 16.8 Å². The van der Waals surface area contributed by atoms with Crippen molar-refractivity contribution in [3.8, 4) is 0 Å². The lowest BCUT2D eigenvalue weighted by Crippen LogP contribution is -2.07. The van der Waals surface area contributed by atoms with E-state index in [1.165, 1.54) is 0 Å². The normalized spacial score (nSPS) is 10.7. The van der Waals surface area contributed by atoms with Gasteiger partial charge in [0.2, 0.25) is 0 Å².